The Hall–Kier alpha value is -3.68. The van der Waals surface area contributed by atoms with Crippen LogP contribution in [0.2, 0.25) is 0 Å². The lowest BCUT2D eigenvalue weighted by molar-refractivity contribution is -0.139. The van der Waals surface area contributed by atoms with Crippen LogP contribution in [0.1, 0.15) is 17.3 Å². The molecule has 1 aliphatic heterocycles. The van der Waals surface area contributed by atoms with Gasteiger partial charge in [0.25, 0.3) is 0 Å². The molecule has 0 aliphatic carbocycles. The second-order valence-electron chi connectivity index (χ2n) is 5.87. The second kappa shape index (κ2) is 7.91. The van der Waals surface area contributed by atoms with Crippen LogP contribution < -0.4 is 14.4 Å². The summed E-state index contributed by atoms with van der Waals surface area (Å²) < 4.78 is 10.5. The first-order valence-electron chi connectivity index (χ1n) is 8.57. The molecule has 8 nitrogen and oxygen atoms in total. The molecular formula is C20H18N2O6. The van der Waals surface area contributed by atoms with E-state index in [9.17, 15) is 19.2 Å². The van der Waals surface area contributed by atoms with Crippen molar-refractivity contribution in [1.82, 2.24) is 4.90 Å². The van der Waals surface area contributed by atoms with Gasteiger partial charge in [-0.05, 0) is 31.2 Å². The maximum atomic E-state index is 12.8. The van der Waals surface area contributed by atoms with Crippen molar-refractivity contribution in [2.75, 3.05) is 25.2 Å². The Bertz CT molecular complexity index is 955. The molecule has 1 heterocycles. The highest BCUT2D eigenvalue weighted by atomic mass is 16.5. The number of ether oxygens (including phenoxy) is 2. The first-order valence-corrected chi connectivity index (χ1v) is 8.57. The predicted molar refractivity (Wildman–Crippen MR) is 99.5 cm³/mol. The van der Waals surface area contributed by atoms with Crippen LogP contribution in [0, 0.1) is 0 Å². The molecule has 0 atom stereocenters. The highest BCUT2D eigenvalue weighted by Crippen LogP contribution is 2.31. The topological polar surface area (TPSA) is 93.2 Å². The van der Waals surface area contributed by atoms with Gasteiger partial charge in [-0.25, -0.2) is 14.6 Å². The zero-order valence-corrected chi connectivity index (χ0v) is 15.4. The fourth-order valence-corrected chi connectivity index (χ4v) is 2.81. The van der Waals surface area contributed by atoms with Gasteiger partial charge in [0.1, 0.15) is 11.5 Å². The van der Waals surface area contributed by atoms with Crippen LogP contribution in [-0.2, 0) is 9.59 Å². The maximum Gasteiger partial charge on any atom is 0.339 e. The third kappa shape index (κ3) is 3.44. The minimum absolute atomic E-state index is 0.157. The Morgan fingerprint density at radius 3 is 2.46 bits per heavy atom. The molecule has 0 bridgehead atoms. The largest absolute Gasteiger partial charge is 0.497 e. The number of carbonyl (C=O) groups excluding carboxylic acids is 4. The fraction of sp³-hybridized carbons (Fsp3) is 0.200. The van der Waals surface area contributed by atoms with Gasteiger partial charge in [-0.3, -0.25) is 14.4 Å². The summed E-state index contributed by atoms with van der Waals surface area (Å²) in [6.45, 7) is 1.53. The molecule has 2 aromatic carbocycles. The smallest absolute Gasteiger partial charge is 0.339 e. The van der Waals surface area contributed by atoms with Gasteiger partial charge in [0.2, 0.25) is 0 Å². The Morgan fingerprint density at radius 1 is 1.00 bits per heavy atom. The summed E-state index contributed by atoms with van der Waals surface area (Å²) in [5, 5.41) is 0. The monoisotopic (exact) mass is 382 g/mol. The van der Waals surface area contributed by atoms with E-state index in [-0.39, 0.29) is 11.3 Å². The van der Waals surface area contributed by atoms with Gasteiger partial charge >= 0.3 is 17.8 Å². The van der Waals surface area contributed by atoms with Crippen molar-refractivity contribution < 1.29 is 28.7 Å². The van der Waals surface area contributed by atoms with Crippen LogP contribution in [0.3, 0.4) is 0 Å². The molecule has 4 amide bonds. The minimum atomic E-state index is -1.06. The number of benzene rings is 2. The first kappa shape index (κ1) is 19.1. The molecule has 1 aliphatic rings. The second-order valence-corrected chi connectivity index (χ2v) is 5.87. The number of Topliss-reactive ketones (excluding diaryl/α,β-unsaturated/α-hetero) is 1. The number of hydrogen-bond acceptors (Lipinski definition) is 6. The Kier molecular flexibility index (Phi) is 5.39. The van der Waals surface area contributed by atoms with Gasteiger partial charge in [0, 0.05) is 5.56 Å². The predicted octanol–water partition coefficient (Wildman–Crippen LogP) is 2.27. The molecule has 0 N–H and O–H groups in total. The molecule has 28 heavy (non-hydrogen) atoms. The number of hydrogen-bond donors (Lipinski definition) is 0. The standard InChI is InChI=1S/C20H18N2O6/c1-3-28-17-10-5-4-9-15(17)22-19(25)18(24)21(20(22)26)12-16(23)13-7-6-8-14(11-13)27-2/h4-11H,3,12H2,1-2H3. The Balaban J connectivity index is 1.86. The van der Waals surface area contributed by atoms with E-state index in [0.29, 0.717) is 23.0 Å². The number of imide groups is 2. The quantitative estimate of drug-likeness (QED) is 0.414. The highest BCUT2D eigenvalue weighted by Gasteiger charge is 2.47. The van der Waals surface area contributed by atoms with Crippen molar-refractivity contribution in [2.45, 2.75) is 6.92 Å². The van der Waals surface area contributed by atoms with E-state index in [4.69, 9.17) is 9.47 Å². The van der Waals surface area contributed by atoms with Crippen molar-refractivity contribution in [2.24, 2.45) is 0 Å². The number of urea groups is 1. The van der Waals surface area contributed by atoms with Crippen molar-refractivity contribution in [3.05, 3.63) is 54.1 Å². The van der Waals surface area contributed by atoms with Gasteiger partial charge in [-0.15, -0.1) is 0 Å². The molecule has 8 heteroatoms. The van der Waals surface area contributed by atoms with Gasteiger partial charge < -0.3 is 9.47 Å². The molecule has 2 aromatic rings. The number of anilines is 1. The summed E-state index contributed by atoms with van der Waals surface area (Å²) in [4.78, 5) is 51.4. The van der Waals surface area contributed by atoms with Crippen LogP contribution >= 0.6 is 0 Å². The Labute approximate surface area is 161 Å². The lowest BCUT2D eigenvalue weighted by Crippen LogP contribution is -2.37. The molecule has 1 saturated heterocycles. The molecule has 0 radical (unpaired) electrons. The van der Waals surface area contributed by atoms with Gasteiger partial charge in [-0.2, -0.15) is 0 Å². The molecule has 0 saturated carbocycles. The van der Waals surface area contributed by atoms with Crippen LogP contribution in [0.25, 0.3) is 0 Å². The van der Waals surface area contributed by atoms with Gasteiger partial charge in [0.05, 0.1) is 25.9 Å². The molecule has 3 rings (SSSR count). The van der Waals surface area contributed by atoms with Crippen molar-refractivity contribution in [3.8, 4) is 11.5 Å². The van der Waals surface area contributed by atoms with Crippen LogP contribution in [0.15, 0.2) is 48.5 Å². The van der Waals surface area contributed by atoms with E-state index >= 15 is 0 Å². The minimum Gasteiger partial charge on any atom is -0.497 e. The maximum absolute atomic E-state index is 12.8. The number of carbonyl (C=O) groups is 4. The first-order chi connectivity index (χ1) is 13.5. The number of nitrogens with zero attached hydrogens (tertiary/aromatic N) is 2. The number of ketones is 1. The third-order valence-corrected chi connectivity index (χ3v) is 4.15. The zero-order valence-electron chi connectivity index (χ0n) is 15.4. The van der Waals surface area contributed by atoms with Crippen LogP contribution in [0.4, 0.5) is 10.5 Å². The van der Waals surface area contributed by atoms with E-state index in [1.54, 1.807) is 43.3 Å². The van der Waals surface area contributed by atoms with E-state index < -0.39 is 30.2 Å². The number of amides is 4. The van der Waals surface area contributed by atoms with Crippen molar-refractivity contribution in [3.63, 3.8) is 0 Å². The van der Waals surface area contributed by atoms with E-state index in [1.807, 2.05) is 0 Å². The van der Waals surface area contributed by atoms with Gasteiger partial charge in [0.15, 0.2) is 5.78 Å². The van der Waals surface area contributed by atoms with Crippen molar-refractivity contribution in [1.29, 1.82) is 0 Å². The Morgan fingerprint density at radius 2 is 1.75 bits per heavy atom. The molecule has 0 spiro atoms. The molecule has 144 valence electrons. The summed E-state index contributed by atoms with van der Waals surface area (Å²) in [5.74, 6) is -1.83. The van der Waals surface area contributed by atoms with Crippen LogP contribution in [0.5, 0.6) is 11.5 Å². The average molecular weight is 382 g/mol. The summed E-state index contributed by atoms with van der Waals surface area (Å²) in [6, 6.07) is 11.8. The SMILES string of the molecule is CCOc1ccccc1N1C(=O)C(=O)N(CC(=O)c2cccc(OC)c2)C1=O. The van der Waals surface area contributed by atoms with Crippen molar-refractivity contribution >= 4 is 29.3 Å². The lowest BCUT2D eigenvalue weighted by atomic mass is 10.1. The average Bonchev–Trinajstić information content (AvgIpc) is 2.92. The number of para-hydroxylation sites is 2. The normalized spacial score (nSPS) is 13.9. The summed E-state index contributed by atoms with van der Waals surface area (Å²) in [5.41, 5.74) is 0.421. The van der Waals surface area contributed by atoms with E-state index in [2.05, 4.69) is 0 Å². The highest BCUT2D eigenvalue weighted by molar-refractivity contribution is 6.53. The van der Waals surface area contributed by atoms with E-state index in [1.165, 1.54) is 19.2 Å². The summed E-state index contributed by atoms with van der Waals surface area (Å²) in [6.07, 6.45) is 0. The number of methoxy groups -OCH3 is 1. The summed E-state index contributed by atoms with van der Waals surface area (Å²) in [7, 11) is 1.46. The van der Waals surface area contributed by atoms with E-state index in [0.717, 1.165) is 4.90 Å². The molecule has 0 unspecified atom stereocenters. The van der Waals surface area contributed by atoms with Gasteiger partial charge in [-0.1, -0.05) is 24.3 Å². The molecule has 0 aromatic heterocycles. The molecule has 1 fully saturated rings. The third-order valence-electron chi connectivity index (χ3n) is 4.15. The van der Waals surface area contributed by atoms with Crippen LogP contribution in [-0.4, -0.2) is 48.8 Å². The zero-order chi connectivity index (χ0) is 20.3. The fourth-order valence-electron chi connectivity index (χ4n) is 2.81. The lowest BCUT2D eigenvalue weighted by Gasteiger charge is -2.18. The summed E-state index contributed by atoms with van der Waals surface area (Å²) >= 11 is 0. The molecular weight excluding hydrogens is 364 g/mol. The number of rotatable bonds is 7.